The molecular weight excluding hydrogens is 166 g/mol. The Morgan fingerprint density at radius 1 is 1.33 bits per heavy atom. The molecule has 1 N–H and O–H groups in total. The summed E-state index contributed by atoms with van der Waals surface area (Å²) < 4.78 is 25.4. The number of hydrogen-bond donors (Lipinski definition) is 1. The van der Waals surface area contributed by atoms with Gasteiger partial charge in [-0.05, 0) is 12.1 Å². The molecule has 1 rings (SSSR count). The fourth-order valence-electron chi connectivity index (χ4n) is 0.898. The molecule has 0 aromatic heterocycles. The zero-order valence-corrected chi connectivity index (χ0v) is 6.05. The fraction of sp³-hybridized carbons (Fsp3) is 0.125. The van der Waals surface area contributed by atoms with E-state index in [4.69, 9.17) is 5.11 Å². The number of aliphatic hydroxyl groups excluding tert-OH is 1. The normalized spacial score (nSPS) is 9.92. The molecule has 64 valence electrons. The van der Waals surface area contributed by atoms with E-state index in [0.29, 0.717) is 0 Å². The van der Waals surface area contributed by atoms with Crippen LogP contribution in [0.5, 0.6) is 0 Å². The Morgan fingerprint density at radius 3 is 2.33 bits per heavy atom. The predicted octanol–water partition coefficient (Wildman–Crippen LogP) is 1.27. The number of halogens is 2. The largest absolute Gasteiger partial charge is 0.392 e. The van der Waals surface area contributed by atoms with Crippen LogP contribution in [-0.2, 0) is 6.61 Å². The molecule has 0 unspecified atom stereocenters. The maximum Gasteiger partial charge on any atom is 0.153 e. The first-order valence-electron chi connectivity index (χ1n) is 3.23. The van der Waals surface area contributed by atoms with Crippen molar-refractivity contribution < 1.29 is 18.7 Å². The number of rotatable bonds is 2. The number of benzene rings is 1. The quantitative estimate of drug-likeness (QED) is 0.682. The van der Waals surface area contributed by atoms with E-state index in [1.54, 1.807) is 0 Å². The molecular formula is C8H6F2O2. The van der Waals surface area contributed by atoms with E-state index in [-0.39, 0.29) is 11.8 Å². The molecule has 0 amide bonds. The van der Waals surface area contributed by atoms with Gasteiger partial charge in [0.25, 0.3) is 0 Å². The second-order valence-corrected chi connectivity index (χ2v) is 2.20. The van der Waals surface area contributed by atoms with Gasteiger partial charge < -0.3 is 5.11 Å². The highest BCUT2D eigenvalue weighted by atomic mass is 19.1. The van der Waals surface area contributed by atoms with E-state index in [1.165, 1.54) is 0 Å². The van der Waals surface area contributed by atoms with Crippen molar-refractivity contribution in [1.29, 1.82) is 0 Å². The Hall–Kier alpha value is -1.29. The van der Waals surface area contributed by atoms with E-state index < -0.39 is 23.8 Å². The zero-order valence-electron chi connectivity index (χ0n) is 6.05. The molecule has 0 fully saturated rings. The van der Waals surface area contributed by atoms with E-state index in [9.17, 15) is 13.6 Å². The van der Waals surface area contributed by atoms with E-state index in [0.717, 1.165) is 12.1 Å². The van der Waals surface area contributed by atoms with Gasteiger partial charge in [0, 0.05) is 5.56 Å². The number of hydrogen-bond acceptors (Lipinski definition) is 2. The second kappa shape index (κ2) is 3.40. The van der Waals surface area contributed by atoms with Gasteiger partial charge in [-0.25, -0.2) is 8.78 Å². The average molecular weight is 172 g/mol. The summed E-state index contributed by atoms with van der Waals surface area (Å²) in [5.41, 5.74) is -0.720. The van der Waals surface area contributed by atoms with Gasteiger partial charge in [-0.15, -0.1) is 0 Å². The maximum absolute atomic E-state index is 12.7. The minimum absolute atomic E-state index is 0.184. The molecule has 12 heavy (non-hydrogen) atoms. The van der Waals surface area contributed by atoms with Crippen molar-refractivity contribution in [3.63, 3.8) is 0 Å². The Morgan fingerprint density at radius 2 is 1.92 bits per heavy atom. The van der Waals surface area contributed by atoms with Crippen LogP contribution in [0, 0.1) is 11.6 Å². The topological polar surface area (TPSA) is 37.3 Å². The maximum atomic E-state index is 12.7. The summed E-state index contributed by atoms with van der Waals surface area (Å²) in [6.45, 7) is -0.683. The number of aldehydes is 1. The minimum Gasteiger partial charge on any atom is -0.392 e. The van der Waals surface area contributed by atoms with Gasteiger partial charge >= 0.3 is 0 Å². The van der Waals surface area contributed by atoms with Crippen LogP contribution in [0.4, 0.5) is 8.78 Å². The first-order chi connectivity index (χ1) is 5.70. The van der Waals surface area contributed by atoms with Crippen molar-refractivity contribution in [3.05, 3.63) is 34.9 Å². The fourth-order valence-corrected chi connectivity index (χ4v) is 0.898. The lowest BCUT2D eigenvalue weighted by Crippen LogP contribution is -2.00. The Kier molecular flexibility index (Phi) is 2.50. The molecule has 1 aromatic rings. The summed E-state index contributed by atoms with van der Waals surface area (Å²) in [5, 5.41) is 8.59. The van der Waals surface area contributed by atoms with Crippen molar-refractivity contribution in [2.75, 3.05) is 0 Å². The van der Waals surface area contributed by atoms with Crippen molar-refractivity contribution in [1.82, 2.24) is 0 Å². The summed E-state index contributed by atoms with van der Waals surface area (Å²) in [7, 11) is 0. The summed E-state index contributed by atoms with van der Waals surface area (Å²) >= 11 is 0. The number of aliphatic hydroxyl groups is 1. The van der Waals surface area contributed by atoms with Gasteiger partial charge in [0.1, 0.15) is 11.6 Å². The van der Waals surface area contributed by atoms with Gasteiger partial charge in [0.05, 0.1) is 12.2 Å². The molecule has 0 aliphatic heterocycles. The van der Waals surface area contributed by atoms with Gasteiger partial charge in [-0.1, -0.05) is 0 Å². The third-order valence-electron chi connectivity index (χ3n) is 1.52. The summed E-state index contributed by atoms with van der Waals surface area (Å²) in [6.07, 6.45) is 0.184. The van der Waals surface area contributed by atoms with Crippen molar-refractivity contribution >= 4 is 6.29 Å². The van der Waals surface area contributed by atoms with Gasteiger partial charge in [0.2, 0.25) is 0 Å². The van der Waals surface area contributed by atoms with Gasteiger partial charge in [-0.3, -0.25) is 4.79 Å². The van der Waals surface area contributed by atoms with Crippen LogP contribution in [0.2, 0.25) is 0 Å². The molecule has 0 atom stereocenters. The average Bonchev–Trinajstić information content (AvgIpc) is 2.08. The summed E-state index contributed by atoms with van der Waals surface area (Å²) in [5.74, 6) is -1.60. The minimum atomic E-state index is -0.824. The summed E-state index contributed by atoms with van der Waals surface area (Å²) in [4.78, 5) is 10.2. The molecule has 0 heterocycles. The van der Waals surface area contributed by atoms with Crippen LogP contribution in [0.25, 0.3) is 0 Å². The van der Waals surface area contributed by atoms with Crippen molar-refractivity contribution in [2.24, 2.45) is 0 Å². The van der Waals surface area contributed by atoms with Crippen LogP contribution >= 0.6 is 0 Å². The SMILES string of the molecule is O=Cc1c(F)ccc(F)c1CO. The molecule has 0 saturated heterocycles. The molecule has 4 heteroatoms. The highest BCUT2D eigenvalue weighted by Gasteiger charge is 2.11. The van der Waals surface area contributed by atoms with Crippen LogP contribution in [-0.4, -0.2) is 11.4 Å². The lowest BCUT2D eigenvalue weighted by Gasteiger charge is -2.02. The van der Waals surface area contributed by atoms with E-state index in [2.05, 4.69) is 0 Å². The lowest BCUT2D eigenvalue weighted by molar-refractivity contribution is 0.111. The first kappa shape index (κ1) is 8.80. The number of carbonyl (C=O) groups excluding carboxylic acids is 1. The van der Waals surface area contributed by atoms with Gasteiger partial charge in [-0.2, -0.15) is 0 Å². The van der Waals surface area contributed by atoms with Crippen LogP contribution in [0.1, 0.15) is 15.9 Å². The van der Waals surface area contributed by atoms with E-state index >= 15 is 0 Å². The third-order valence-corrected chi connectivity index (χ3v) is 1.52. The van der Waals surface area contributed by atoms with Gasteiger partial charge in [0.15, 0.2) is 6.29 Å². The zero-order chi connectivity index (χ0) is 9.14. The Labute approximate surface area is 67.4 Å². The Balaban J connectivity index is 3.38. The van der Waals surface area contributed by atoms with E-state index in [1.807, 2.05) is 0 Å². The molecule has 2 nitrogen and oxygen atoms in total. The Bertz CT molecular complexity index is 310. The molecule has 0 aliphatic carbocycles. The standard InChI is InChI=1S/C8H6F2O2/c9-7-1-2-8(10)6(4-12)5(7)3-11/h1-3,12H,4H2. The lowest BCUT2D eigenvalue weighted by atomic mass is 10.1. The smallest absolute Gasteiger partial charge is 0.153 e. The molecule has 0 bridgehead atoms. The highest BCUT2D eigenvalue weighted by Crippen LogP contribution is 2.15. The molecule has 1 aromatic carbocycles. The van der Waals surface area contributed by atoms with Crippen LogP contribution < -0.4 is 0 Å². The predicted molar refractivity (Wildman–Crippen MR) is 37.7 cm³/mol. The van der Waals surface area contributed by atoms with Crippen LogP contribution in [0.15, 0.2) is 12.1 Å². The highest BCUT2D eigenvalue weighted by molar-refractivity contribution is 5.77. The second-order valence-electron chi connectivity index (χ2n) is 2.20. The van der Waals surface area contributed by atoms with Crippen molar-refractivity contribution in [2.45, 2.75) is 6.61 Å². The third kappa shape index (κ3) is 1.33. The number of carbonyl (C=O) groups is 1. The van der Waals surface area contributed by atoms with Crippen molar-refractivity contribution in [3.8, 4) is 0 Å². The molecule has 0 spiro atoms. The first-order valence-corrected chi connectivity index (χ1v) is 3.23. The molecule has 0 aliphatic rings. The molecule has 0 saturated carbocycles. The molecule has 0 radical (unpaired) electrons. The monoisotopic (exact) mass is 172 g/mol. The summed E-state index contributed by atoms with van der Waals surface area (Å²) in [6, 6.07) is 1.71. The van der Waals surface area contributed by atoms with Crippen LogP contribution in [0.3, 0.4) is 0 Å².